The molecular weight excluding hydrogens is 296 g/mol. The number of hydrogen-bond acceptors (Lipinski definition) is 5. The highest BCUT2D eigenvalue weighted by atomic mass is 35.5. The second-order valence-corrected chi connectivity index (χ2v) is 5.39. The molecule has 9 heteroatoms. The van der Waals surface area contributed by atoms with E-state index in [1.807, 2.05) is 0 Å². The fourth-order valence-corrected chi connectivity index (χ4v) is 2.09. The fraction of sp³-hybridized carbons (Fsp3) is 0.200. The molecule has 0 aromatic heterocycles. The van der Waals surface area contributed by atoms with E-state index in [1.54, 1.807) is 4.72 Å². The van der Waals surface area contributed by atoms with Crippen molar-refractivity contribution in [2.24, 2.45) is 0 Å². The van der Waals surface area contributed by atoms with Crippen molar-refractivity contribution in [2.45, 2.75) is 4.90 Å². The van der Waals surface area contributed by atoms with Crippen molar-refractivity contribution in [3.05, 3.63) is 29.3 Å². The molecule has 0 heterocycles. The Kier molecular flexibility index (Phi) is 5.58. The number of rotatable bonds is 6. The molecule has 0 saturated carbocycles. The van der Waals surface area contributed by atoms with Gasteiger partial charge < -0.3 is 10.1 Å². The maximum absolute atomic E-state index is 11.7. The van der Waals surface area contributed by atoms with Gasteiger partial charge >= 0.3 is 6.09 Å². The minimum absolute atomic E-state index is 0.0952. The summed E-state index contributed by atoms with van der Waals surface area (Å²) in [6, 6.07) is 5.28. The van der Waals surface area contributed by atoms with Gasteiger partial charge in [0.05, 0.1) is 11.4 Å². The first-order valence-corrected chi connectivity index (χ1v) is 6.94. The summed E-state index contributed by atoms with van der Waals surface area (Å²) in [5.74, 6) is 0. The molecule has 1 aromatic rings. The summed E-state index contributed by atoms with van der Waals surface area (Å²) in [4.78, 5) is 21.0. The Morgan fingerprint density at radius 3 is 2.53 bits per heavy atom. The van der Waals surface area contributed by atoms with Gasteiger partial charge in [-0.1, -0.05) is 11.6 Å². The van der Waals surface area contributed by atoms with Gasteiger partial charge in [-0.2, -0.15) is 0 Å². The Morgan fingerprint density at radius 1 is 1.32 bits per heavy atom. The highest BCUT2D eigenvalue weighted by molar-refractivity contribution is 7.90. The average molecular weight is 307 g/mol. The van der Waals surface area contributed by atoms with E-state index in [1.165, 1.54) is 24.3 Å². The van der Waals surface area contributed by atoms with Crippen molar-refractivity contribution in [1.82, 2.24) is 10.0 Å². The SMILES string of the molecule is O=CNCCOC(=O)NS(=O)(=O)c1ccc(Cl)cc1. The van der Waals surface area contributed by atoms with Crippen molar-refractivity contribution < 1.29 is 22.7 Å². The molecule has 7 nitrogen and oxygen atoms in total. The summed E-state index contributed by atoms with van der Waals surface area (Å²) in [5, 5.41) is 2.63. The Bertz CT molecular complexity index is 544. The van der Waals surface area contributed by atoms with Crippen molar-refractivity contribution in [3.8, 4) is 0 Å². The third-order valence-corrected chi connectivity index (χ3v) is 3.48. The van der Waals surface area contributed by atoms with Gasteiger partial charge in [-0.25, -0.2) is 17.9 Å². The van der Waals surface area contributed by atoms with E-state index in [9.17, 15) is 18.0 Å². The van der Waals surface area contributed by atoms with E-state index >= 15 is 0 Å². The van der Waals surface area contributed by atoms with Crippen molar-refractivity contribution >= 4 is 34.1 Å². The largest absolute Gasteiger partial charge is 0.447 e. The van der Waals surface area contributed by atoms with Gasteiger partial charge in [-0.05, 0) is 24.3 Å². The van der Waals surface area contributed by atoms with Gasteiger partial charge in [0, 0.05) is 5.02 Å². The van der Waals surface area contributed by atoms with Gasteiger partial charge in [0.15, 0.2) is 0 Å². The molecular formula is C10H11ClN2O5S. The number of amides is 2. The molecule has 0 spiro atoms. The minimum atomic E-state index is -3.99. The van der Waals surface area contributed by atoms with Crippen LogP contribution >= 0.6 is 11.6 Å². The molecule has 0 aliphatic carbocycles. The van der Waals surface area contributed by atoms with Crippen LogP contribution in [0.3, 0.4) is 0 Å². The first kappa shape index (κ1) is 15.3. The molecule has 104 valence electrons. The standard InChI is InChI=1S/C10H11ClN2O5S/c11-8-1-3-9(4-2-8)19(16,17)13-10(15)18-6-5-12-7-14/h1-4,7H,5-6H2,(H,12,14)(H,13,15). The first-order valence-electron chi connectivity index (χ1n) is 5.08. The normalized spacial score (nSPS) is 10.6. The quantitative estimate of drug-likeness (QED) is 0.588. The predicted octanol–water partition coefficient (Wildman–Crippen LogP) is 0.501. The van der Waals surface area contributed by atoms with Crippen LogP contribution in [0.25, 0.3) is 0 Å². The molecule has 0 unspecified atom stereocenters. The lowest BCUT2D eigenvalue weighted by Gasteiger charge is -2.07. The van der Waals surface area contributed by atoms with Crippen LogP contribution in [0.15, 0.2) is 29.2 Å². The monoisotopic (exact) mass is 306 g/mol. The molecule has 19 heavy (non-hydrogen) atoms. The van der Waals surface area contributed by atoms with Gasteiger partial charge in [0.1, 0.15) is 6.61 Å². The maximum Gasteiger partial charge on any atom is 0.421 e. The van der Waals surface area contributed by atoms with Crippen LogP contribution in [-0.2, 0) is 19.6 Å². The van der Waals surface area contributed by atoms with Gasteiger partial charge in [0.25, 0.3) is 10.0 Å². The maximum atomic E-state index is 11.7. The molecule has 0 aliphatic heterocycles. The van der Waals surface area contributed by atoms with E-state index in [0.717, 1.165) is 0 Å². The highest BCUT2D eigenvalue weighted by Gasteiger charge is 2.18. The molecule has 1 aromatic carbocycles. The number of carbonyl (C=O) groups excluding carboxylic acids is 2. The van der Waals surface area contributed by atoms with Crippen LogP contribution in [0, 0.1) is 0 Å². The van der Waals surface area contributed by atoms with E-state index in [0.29, 0.717) is 11.4 Å². The number of hydrogen-bond donors (Lipinski definition) is 2. The zero-order valence-corrected chi connectivity index (χ0v) is 11.2. The molecule has 2 N–H and O–H groups in total. The first-order chi connectivity index (χ1) is 8.95. The van der Waals surface area contributed by atoms with Crippen LogP contribution in [-0.4, -0.2) is 34.1 Å². The second-order valence-electron chi connectivity index (χ2n) is 3.27. The Labute approximate surface area is 114 Å². The van der Waals surface area contributed by atoms with Crippen LogP contribution in [0.1, 0.15) is 0 Å². The Morgan fingerprint density at radius 2 is 1.95 bits per heavy atom. The van der Waals surface area contributed by atoms with E-state index in [2.05, 4.69) is 10.1 Å². The molecule has 1 rings (SSSR count). The van der Waals surface area contributed by atoms with Crippen LogP contribution in [0.2, 0.25) is 5.02 Å². The number of carbonyl (C=O) groups is 2. The molecule has 0 atom stereocenters. The fourth-order valence-electron chi connectivity index (χ4n) is 1.07. The molecule has 0 bridgehead atoms. The van der Waals surface area contributed by atoms with Crippen LogP contribution in [0.5, 0.6) is 0 Å². The zero-order chi connectivity index (χ0) is 14.3. The summed E-state index contributed by atoms with van der Waals surface area (Å²) in [6.07, 6.45) is -0.686. The zero-order valence-electron chi connectivity index (χ0n) is 9.63. The van der Waals surface area contributed by atoms with E-state index in [-0.39, 0.29) is 18.0 Å². The third kappa shape index (κ3) is 5.14. The lowest BCUT2D eigenvalue weighted by molar-refractivity contribution is -0.109. The molecule has 0 aliphatic rings. The lowest BCUT2D eigenvalue weighted by atomic mass is 10.4. The highest BCUT2D eigenvalue weighted by Crippen LogP contribution is 2.13. The van der Waals surface area contributed by atoms with Crippen molar-refractivity contribution in [3.63, 3.8) is 0 Å². The van der Waals surface area contributed by atoms with Crippen molar-refractivity contribution in [2.75, 3.05) is 13.2 Å². The third-order valence-electron chi connectivity index (χ3n) is 1.90. The number of sulfonamides is 1. The topological polar surface area (TPSA) is 102 Å². The molecule has 0 radical (unpaired) electrons. The van der Waals surface area contributed by atoms with Crippen molar-refractivity contribution in [1.29, 1.82) is 0 Å². The minimum Gasteiger partial charge on any atom is -0.447 e. The van der Waals surface area contributed by atoms with Gasteiger partial charge in [0.2, 0.25) is 6.41 Å². The molecule has 0 fully saturated rings. The van der Waals surface area contributed by atoms with Gasteiger partial charge in [-0.15, -0.1) is 0 Å². The average Bonchev–Trinajstić information content (AvgIpc) is 2.34. The summed E-state index contributed by atoms with van der Waals surface area (Å²) in [5.41, 5.74) is 0. The summed E-state index contributed by atoms with van der Waals surface area (Å²) in [7, 11) is -3.99. The Balaban J connectivity index is 2.57. The number of halogens is 1. The van der Waals surface area contributed by atoms with E-state index < -0.39 is 16.1 Å². The number of benzene rings is 1. The smallest absolute Gasteiger partial charge is 0.421 e. The second kappa shape index (κ2) is 6.95. The summed E-state index contributed by atoms with van der Waals surface area (Å²) in [6.45, 7) is -0.0430. The van der Waals surface area contributed by atoms with E-state index in [4.69, 9.17) is 11.6 Å². The molecule has 2 amide bonds. The summed E-state index contributed by atoms with van der Waals surface area (Å²) >= 11 is 5.62. The number of ether oxygens (including phenoxy) is 1. The predicted molar refractivity (Wildman–Crippen MR) is 67.2 cm³/mol. The lowest BCUT2D eigenvalue weighted by Crippen LogP contribution is -2.32. The molecule has 0 saturated heterocycles. The van der Waals surface area contributed by atoms with Crippen LogP contribution < -0.4 is 10.0 Å². The van der Waals surface area contributed by atoms with Gasteiger partial charge in [-0.3, -0.25) is 4.79 Å². The summed E-state index contributed by atoms with van der Waals surface area (Å²) < 4.78 is 29.7. The Hall–Kier alpha value is -1.80. The van der Waals surface area contributed by atoms with Crippen LogP contribution in [0.4, 0.5) is 4.79 Å². The number of nitrogens with one attached hydrogen (secondary N) is 2.